The third kappa shape index (κ3) is 2.57. The quantitative estimate of drug-likeness (QED) is 0.763. The third-order valence-electron chi connectivity index (χ3n) is 2.74. The van der Waals surface area contributed by atoms with E-state index in [1.807, 2.05) is 18.2 Å². The first-order valence-electron chi connectivity index (χ1n) is 5.99. The van der Waals surface area contributed by atoms with E-state index in [1.165, 1.54) is 17.9 Å². The highest BCUT2D eigenvalue weighted by Gasteiger charge is 2.13. The predicted molar refractivity (Wildman–Crippen MR) is 79.1 cm³/mol. The molecule has 20 heavy (non-hydrogen) atoms. The normalized spacial score (nSPS) is 10.4. The summed E-state index contributed by atoms with van der Waals surface area (Å²) in [5.74, 6) is 0.508. The summed E-state index contributed by atoms with van der Waals surface area (Å²) in [5.41, 5.74) is 8.69. The highest BCUT2D eigenvalue weighted by atomic mass is 32.1. The molecule has 3 heterocycles. The molecule has 0 aromatic carbocycles. The second-order valence-electron chi connectivity index (χ2n) is 4.07. The third-order valence-corrected chi connectivity index (χ3v) is 3.56. The molecule has 0 saturated heterocycles. The molecule has 0 fully saturated rings. The molecule has 0 aliphatic heterocycles. The number of anilines is 2. The van der Waals surface area contributed by atoms with E-state index in [0.29, 0.717) is 12.4 Å². The molecule has 7 heteroatoms. The van der Waals surface area contributed by atoms with Crippen LogP contribution in [0.15, 0.2) is 43.1 Å². The molecule has 100 valence electrons. The van der Waals surface area contributed by atoms with Gasteiger partial charge in [-0.25, -0.2) is 9.97 Å². The van der Waals surface area contributed by atoms with E-state index in [-0.39, 0.29) is 0 Å². The van der Waals surface area contributed by atoms with E-state index in [2.05, 4.69) is 24.6 Å². The number of rotatable bonds is 4. The van der Waals surface area contributed by atoms with E-state index in [1.54, 1.807) is 18.6 Å². The summed E-state index contributed by atoms with van der Waals surface area (Å²) < 4.78 is 4.20. The summed E-state index contributed by atoms with van der Waals surface area (Å²) in [6, 6.07) is 5.70. The number of pyridine rings is 1. The fourth-order valence-electron chi connectivity index (χ4n) is 1.81. The number of aromatic nitrogens is 4. The first-order valence-corrected chi connectivity index (χ1v) is 6.76. The summed E-state index contributed by atoms with van der Waals surface area (Å²) in [5, 5.41) is 4.22. The monoisotopic (exact) mass is 284 g/mol. The standard InChI is InChI=1S/C13H12N6S/c14-12-11(9-2-1-4-15-6-9)13(20-19-12)17-7-10-3-5-16-8-18-10/h1-6,8,17H,7H2,(H2,14,19). The Morgan fingerprint density at radius 2 is 2.15 bits per heavy atom. The zero-order chi connectivity index (χ0) is 13.8. The van der Waals surface area contributed by atoms with Crippen LogP contribution >= 0.6 is 11.5 Å². The van der Waals surface area contributed by atoms with Gasteiger partial charge in [0.05, 0.1) is 17.8 Å². The van der Waals surface area contributed by atoms with Crippen LogP contribution in [0, 0.1) is 0 Å². The average Bonchev–Trinajstić information content (AvgIpc) is 2.88. The van der Waals surface area contributed by atoms with Crippen molar-refractivity contribution in [3.63, 3.8) is 0 Å². The van der Waals surface area contributed by atoms with E-state index in [4.69, 9.17) is 5.73 Å². The summed E-state index contributed by atoms with van der Waals surface area (Å²) >= 11 is 1.33. The number of hydrogen-bond acceptors (Lipinski definition) is 7. The summed E-state index contributed by atoms with van der Waals surface area (Å²) in [6.07, 6.45) is 6.75. The highest BCUT2D eigenvalue weighted by molar-refractivity contribution is 7.11. The van der Waals surface area contributed by atoms with Gasteiger partial charge in [0.15, 0.2) is 0 Å². The van der Waals surface area contributed by atoms with Gasteiger partial charge in [0.2, 0.25) is 0 Å². The Bertz CT molecular complexity index is 683. The van der Waals surface area contributed by atoms with Crippen molar-refractivity contribution in [1.29, 1.82) is 0 Å². The first-order chi connectivity index (χ1) is 9.84. The van der Waals surface area contributed by atoms with Gasteiger partial charge in [0, 0.05) is 24.2 Å². The second-order valence-corrected chi connectivity index (χ2v) is 4.84. The van der Waals surface area contributed by atoms with Crippen molar-refractivity contribution in [2.75, 3.05) is 11.1 Å². The maximum absolute atomic E-state index is 5.95. The molecule has 0 bridgehead atoms. The molecular formula is C13H12N6S. The molecule has 0 spiro atoms. The Balaban J connectivity index is 1.85. The minimum absolute atomic E-state index is 0.508. The summed E-state index contributed by atoms with van der Waals surface area (Å²) in [6.45, 7) is 0.595. The Morgan fingerprint density at radius 1 is 1.20 bits per heavy atom. The van der Waals surface area contributed by atoms with E-state index in [0.717, 1.165) is 21.8 Å². The SMILES string of the molecule is Nc1nsc(NCc2ccncn2)c1-c1cccnc1. The van der Waals surface area contributed by atoms with Gasteiger partial charge in [-0.05, 0) is 23.7 Å². The van der Waals surface area contributed by atoms with Crippen LogP contribution in [0.2, 0.25) is 0 Å². The van der Waals surface area contributed by atoms with Crippen LogP contribution in [0.4, 0.5) is 10.8 Å². The Kier molecular flexibility index (Phi) is 3.51. The zero-order valence-corrected chi connectivity index (χ0v) is 11.3. The largest absolute Gasteiger partial charge is 0.382 e. The topological polar surface area (TPSA) is 89.6 Å². The Labute approximate surface area is 119 Å². The lowest BCUT2D eigenvalue weighted by Crippen LogP contribution is -2.01. The highest BCUT2D eigenvalue weighted by Crippen LogP contribution is 2.36. The number of nitrogens with two attached hydrogens (primary N) is 1. The lowest BCUT2D eigenvalue weighted by Gasteiger charge is -2.06. The molecule has 3 rings (SSSR count). The maximum atomic E-state index is 5.95. The van der Waals surface area contributed by atoms with E-state index >= 15 is 0 Å². The Morgan fingerprint density at radius 3 is 2.90 bits per heavy atom. The number of nitrogen functional groups attached to an aromatic ring is 1. The van der Waals surface area contributed by atoms with Gasteiger partial charge in [-0.15, -0.1) is 0 Å². The van der Waals surface area contributed by atoms with Gasteiger partial charge in [0.25, 0.3) is 0 Å². The molecule has 6 nitrogen and oxygen atoms in total. The second kappa shape index (κ2) is 5.62. The van der Waals surface area contributed by atoms with Crippen molar-refractivity contribution in [1.82, 2.24) is 19.3 Å². The van der Waals surface area contributed by atoms with E-state index < -0.39 is 0 Å². The van der Waals surface area contributed by atoms with Gasteiger partial charge < -0.3 is 11.1 Å². The smallest absolute Gasteiger partial charge is 0.147 e. The lowest BCUT2D eigenvalue weighted by molar-refractivity contribution is 1.01. The maximum Gasteiger partial charge on any atom is 0.147 e. The van der Waals surface area contributed by atoms with Crippen molar-refractivity contribution in [2.45, 2.75) is 6.54 Å². The molecule has 0 aliphatic rings. The summed E-state index contributed by atoms with van der Waals surface area (Å²) in [7, 11) is 0. The number of nitrogens with one attached hydrogen (secondary N) is 1. The fraction of sp³-hybridized carbons (Fsp3) is 0.0769. The van der Waals surface area contributed by atoms with Crippen molar-refractivity contribution < 1.29 is 0 Å². The van der Waals surface area contributed by atoms with Crippen LogP contribution in [-0.4, -0.2) is 19.3 Å². The molecule has 3 aromatic rings. The van der Waals surface area contributed by atoms with E-state index in [9.17, 15) is 0 Å². The zero-order valence-electron chi connectivity index (χ0n) is 10.5. The molecule has 3 aromatic heterocycles. The first kappa shape index (κ1) is 12.5. The fourth-order valence-corrected chi connectivity index (χ4v) is 2.54. The van der Waals surface area contributed by atoms with Crippen LogP contribution in [0.25, 0.3) is 11.1 Å². The van der Waals surface area contributed by atoms with Crippen LogP contribution in [0.5, 0.6) is 0 Å². The molecule has 3 N–H and O–H groups in total. The number of nitrogens with zero attached hydrogens (tertiary/aromatic N) is 4. The molecule has 0 unspecified atom stereocenters. The van der Waals surface area contributed by atoms with Crippen LogP contribution < -0.4 is 11.1 Å². The lowest BCUT2D eigenvalue weighted by atomic mass is 10.1. The number of hydrogen-bond donors (Lipinski definition) is 2. The molecule has 0 amide bonds. The molecule has 0 radical (unpaired) electrons. The predicted octanol–water partition coefficient (Wildman–Crippen LogP) is 2.19. The average molecular weight is 284 g/mol. The van der Waals surface area contributed by atoms with Crippen molar-refractivity contribution >= 4 is 22.4 Å². The van der Waals surface area contributed by atoms with Crippen molar-refractivity contribution in [2.24, 2.45) is 0 Å². The molecule has 0 saturated carbocycles. The van der Waals surface area contributed by atoms with Crippen LogP contribution in [0.3, 0.4) is 0 Å². The summed E-state index contributed by atoms with van der Waals surface area (Å²) in [4.78, 5) is 12.2. The van der Waals surface area contributed by atoms with Gasteiger partial charge >= 0.3 is 0 Å². The van der Waals surface area contributed by atoms with Gasteiger partial charge in [-0.1, -0.05) is 6.07 Å². The minimum atomic E-state index is 0.508. The Hall–Kier alpha value is -2.54. The molecular weight excluding hydrogens is 272 g/mol. The van der Waals surface area contributed by atoms with Crippen molar-refractivity contribution in [3.05, 3.63) is 48.8 Å². The minimum Gasteiger partial charge on any atom is -0.382 e. The van der Waals surface area contributed by atoms with Gasteiger partial charge in [-0.3, -0.25) is 4.98 Å². The van der Waals surface area contributed by atoms with Gasteiger partial charge in [-0.2, -0.15) is 4.37 Å². The van der Waals surface area contributed by atoms with Crippen molar-refractivity contribution in [3.8, 4) is 11.1 Å². The molecule has 0 atom stereocenters. The van der Waals surface area contributed by atoms with Crippen LogP contribution in [-0.2, 0) is 6.54 Å². The van der Waals surface area contributed by atoms with Crippen LogP contribution in [0.1, 0.15) is 5.69 Å². The molecule has 0 aliphatic carbocycles. The van der Waals surface area contributed by atoms with Gasteiger partial charge in [0.1, 0.15) is 17.1 Å².